The van der Waals surface area contributed by atoms with Gasteiger partial charge in [-0.15, -0.1) is 0 Å². The van der Waals surface area contributed by atoms with Crippen molar-refractivity contribution in [2.24, 2.45) is 0 Å². The maximum Gasteiger partial charge on any atom is 0.272 e. The van der Waals surface area contributed by atoms with Gasteiger partial charge in [-0.25, -0.2) is 0 Å². The molecule has 0 fully saturated rings. The largest absolute Gasteiger partial charge is 0.338 e. The molecule has 0 aliphatic carbocycles. The number of aromatic nitrogens is 3. The SMILES string of the molecule is Cc1cc(C(=O)N[C@@H](c2cccc(Cl)c2)c2ccccn2)n[nH]1. The molecule has 0 saturated carbocycles. The first kappa shape index (κ1) is 15.2. The highest BCUT2D eigenvalue weighted by atomic mass is 35.5. The second-order valence-electron chi connectivity index (χ2n) is 5.15. The molecule has 0 radical (unpaired) electrons. The summed E-state index contributed by atoms with van der Waals surface area (Å²) in [7, 11) is 0. The molecule has 6 heteroatoms. The summed E-state index contributed by atoms with van der Waals surface area (Å²) in [4.78, 5) is 16.8. The van der Waals surface area contributed by atoms with Gasteiger partial charge in [0.15, 0.2) is 0 Å². The molecular weight excluding hydrogens is 312 g/mol. The lowest BCUT2D eigenvalue weighted by Crippen LogP contribution is -2.30. The van der Waals surface area contributed by atoms with Gasteiger partial charge in [-0.05, 0) is 42.8 Å². The molecule has 0 saturated heterocycles. The summed E-state index contributed by atoms with van der Waals surface area (Å²) in [5.74, 6) is -0.273. The topological polar surface area (TPSA) is 70.7 Å². The van der Waals surface area contributed by atoms with Crippen molar-refractivity contribution >= 4 is 17.5 Å². The monoisotopic (exact) mass is 326 g/mol. The van der Waals surface area contributed by atoms with Crippen LogP contribution in [0.2, 0.25) is 5.02 Å². The van der Waals surface area contributed by atoms with Crippen LogP contribution in [0.15, 0.2) is 54.7 Å². The highest BCUT2D eigenvalue weighted by Gasteiger charge is 2.20. The normalized spacial score (nSPS) is 11.9. The number of pyridine rings is 1. The smallest absolute Gasteiger partial charge is 0.272 e. The van der Waals surface area contributed by atoms with E-state index in [1.165, 1.54) is 0 Å². The quantitative estimate of drug-likeness (QED) is 0.773. The molecule has 2 N–H and O–H groups in total. The first-order valence-electron chi connectivity index (χ1n) is 7.13. The fourth-order valence-corrected chi connectivity index (χ4v) is 2.50. The van der Waals surface area contributed by atoms with Crippen molar-refractivity contribution in [3.8, 4) is 0 Å². The van der Waals surface area contributed by atoms with E-state index < -0.39 is 6.04 Å². The van der Waals surface area contributed by atoms with Crippen LogP contribution < -0.4 is 5.32 Å². The Hall–Kier alpha value is -2.66. The summed E-state index contributed by atoms with van der Waals surface area (Å²) in [6.07, 6.45) is 1.69. The molecule has 1 amide bonds. The van der Waals surface area contributed by atoms with Gasteiger partial charge < -0.3 is 5.32 Å². The fourth-order valence-electron chi connectivity index (χ4n) is 2.30. The molecule has 3 aromatic rings. The molecule has 0 aliphatic heterocycles. The van der Waals surface area contributed by atoms with Crippen molar-refractivity contribution in [3.05, 3.63) is 82.4 Å². The van der Waals surface area contributed by atoms with Crippen molar-refractivity contribution in [2.45, 2.75) is 13.0 Å². The van der Waals surface area contributed by atoms with E-state index in [4.69, 9.17) is 11.6 Å². The second kappa shape index (κ2) is 6.62. The van der Waals surface area contributed by atoms with Gasteiger partial charge in [0.2, 0.25) is 0 Å². The lowest BCUT2D eigenvalue weighted by Gasteiger charge is -2.18. The third kappa shape index (κ3) is 3.57. The molecule has 5 nitrogen and oxygen atoms in total. The van der Waals surface area contributed by atoms with Crippen LogP contribution in [0, 0.1) is 6.92 Å². The summed E-state index contributed by atoms with van der Waals surface area (Å²) < 4.78 is 0. The zero-order valence-electron chi connectivity index (χ0n) is 12.5. The van der Waals surface area contributed by atoms with Crippen LogP contribution in [-0.2, 0) is 0 Å². The number of nitrogens with one attached hydrogen (secondary N) is 2. The van der Waals surface area contributed by atoms with Gasteiger partial charge >= 0.3 is 0 Å². The molecular formula is C17H15ClN4O. The van der Waals surface area contributed by atoms with Gasteiger partial charge in [0.25, 0.3) is 5.91 Å². The van der Waals surface area contributed by atoms with E-state index in [1.807, 2.05) is 43.3 Å². The predicted molar refractivity (Wildman–Crippen MR) is 88.3 cm³/mol. The molecule has 23 heavy (non-hydrogen) atoms. The Morgan fingerprint density at radius 1 is 1.22 bits per heavy atom. The molecule has 3 rings (SSSR count). The van der Waals surface area contributed by atoms with Crippen molar-refractivity contribution in [1.29, 1.82) is 0 Å². The van der Waals surface area contributed by atoms with Crippen LogP contribution in [0.4, 0.5) is 0 Å². The average Bonchev–Trinajstić information content (AvgIpc) is 3.00. The zero-order chi connectivity index (χ0) is 16.2. The number of halogens is 1. The Morgan fingerprint density at radius 2 is 2.09 bits per heavy atom. The van der Waals surface area contributed by atoms with Crippen LogP contribution in [0.25, 0.3) is 0 Å². The van der Waals surface area contributed by atoms with E-state index in [0.717, 1.165) is 17.0 Å². The average molecular weight is 327 g/mol. The van der Waals surface area contributed by atoms with E-state index in [0.29, 0.717) is 10.7 Å². The minimum absolute atomic E-state index is 0.273. The molecule has 2 aromatic heterocycles. The number of aromatic amines is 1. The Kier molecular flexibility index (Phi) is 4.39. The minimum Gasteiger partial charge on any atom is -0.338 e. The summed E-state index contributed by atoms with van der Waals surface area (Å²) in [6, 6.07) is 14.2. The van der Waals surface area contributed by atoms with Crippen LogP contribution in [0.5, 0.6) is 0 Å². The molecule has 0 unspecified atom stereocenters. The zero-order valence-corrected chi connectivity index (χ0v) is 13.2. The second-order valence-corrected chi connectivity index (χ2v) is 5.59. The van der Waals surface area contributed by atoms with Gasteiger partial charge in [0, 0.05) is 16.9 Å². The van der Waals surface area contributed by atoms with Crippen LogP contribution in [-0.4, -0.2) is 21.1 Å². The number of carbonyl (C=O) groups is 1. The number of aryl methyl sites for hydroxylation is 1. The Labute approximate surface area is 138 Å². The number of amides is 1. The van der Waals surface area contributed by atoms with Gasteiger partial charge in [-0.2, -0.15) is 5.10 Å². The van der Waals surface area contributed by atoms with Crippen LogP contribution in [0.1, 0.15) is 33.5 Å². The molecule has 1 aromatic carbocycles. The third-order valence-corrected chi connectivity index (χ3v) is 3.61. The lowest BCUT2D eigenvalue weighted by atomic mass is 10.0. The van der Waals surface area contributed by atoms with E-state index in [-0.39, 0.29) is 5.91 Å². The highest BCUT2D eigenvalue weighted by Crippen LogP contribution is 2.23. The van der Waals surface area contributed by atoms with Gasteiger partial charge in [0.1, 0.15) is 5.69 Å². The molecule has 0 spiro atoms. The summed E-state index contributed by atoms with van der Waals surface area (Å²) in [6.45, 7) is 1.84. The number of hydrogen-bond donors (Lipinski definition) is 2. The van der Waals surface area contributed by atoms with Gasteiger partial charge in [-0.3, -0.25) is 14.9 Å². The lowest BCUT2D eigenvalue weighted by molar-refractivity contribution is 0.0937. The van der Waals surface area contributed by atoms with E-state index >= 15 is 0 Å². The van der Waals surface area contributed by atoms with Crippen molar-refractivity contribution in [3.63, 3.8) is 0 Å². The number of carbonyl (C=O) groups excluding carboxylic acids is 1. The predicted octanol–water partition coefficient (Wildman–Crippen LogP) is 3.29. The highest BCUT2D eigenvalue weighted by molar-refractivity contribution is 6.30. The Bertz CT molecular complexity index is 816. The summed E-state index contributed by atoms with van der Waals surface area (Å²) >= 11 is 6.08. The number of hydrogen-bond acceptors (Lipinski definition) is 3. The summed E-state index contributed by atoms with van der Waals surface area (Å²) in [5, 5.41) is 10.3. The standard InChI is InChI=1S/C17H15ClN4O/c1-11-9-15(22-21-11)17(23)20-16(14-7-2-3-8-19-14)12-5-4-6-13(18)10-12/h2-10,16H,1H3,(H,20,23)(H,21,22)/t16-/m0/s1. The minimum atomic E-state index is -0.403. The first-order valence-corrected chi connectivity index (χ1v) is 7.50. The molecule has 0 aliphatic rings. The molecule has 2 heterocycles. The summed E-state index contributed by atoms with van der Waals surface area (Å²) in [5.41, 5.74) is 2.75. The van der Waals surface area contributed by atoms with Gasteiger partial charge in [0.05, 0.1) is 11.7 Å². The number of nitrogens with zero attached hydrogens (tertiary/aromatic N) is 2. The Morgan fingerprint density at radius 3 is 2.74 bits per heavy atom. The van der Waals surface area contributed by atoms with Crippen LogP contribution in [0.3, 0.4) is 0 Å². The molecule has 116 valence electrons. The first-order chi connectivity index (χ1) is 11.1. The number of benzene rings is 1. The van der Waals surface area contributed by atoms with Crippen molar-refractivity contribution < 1.29 is 4.79 Å². The Balaban J connectivity index is 1.94. The third-order valence-electron chi connectivity index (χ3n) is 3.38. The molecule has 0 bridgehead atoms. The van der Waals surface area contributed by atoms with E-state index in [9.17, 15) is 4.79 Å². The number of rotatable bonds is 4. The van der Waals surface area contributed by atoms with E-state index in [2.05, 4.69) is 20.5 Å². The number of H-pyrrole nitrogens is 1. The van der Waals surface area contributed by atoms with Crippen molar-refractivity contribution in [2.75, 3.05) is 0 Å². The van der Waals surface area contributed by atoms with E-state index in [1.54, 1.807) is 18.3 Å². The fraction of sp³-hybridized carbons (Fsp3) is 0.118. The molecule has 1 atom stereocenters. The maximum absolute atomic E-state index is 12.4. The van der Waals surface area contributed by atoms with Crippen molar-refractivity contribution in [1.82, 2.24) is 20.5 Å². The van der Waals surface area contributed by atoms with Gasteiger partial charge in [-0.1, -0.05) is 29.8 Å². The van der Waals surface area contributed by atoms with Crippen LogP contribution >= 0.6 is 11.6 Å². The maximum atomic E-state index is 12.4.